The van der Waals surface area contributed by atoms with Crippen molar-refractivity contribution in [3.05, 3.63) is 34.6 Å². The van der Waals surface area contributed by atoms with Crippen molar-refractivity contribution in [2.75, 3.05) is 19.3 Å². The van der Waals surface area contributed by atoms with Crippen LogP contribution in [0.2, 0.25) is 0 Å². The second-order valence-electron chi connectivity index (χ2n) is 5.40. The van der Waals surface area contributed by atoms with Crippen LogP contribution in [0.1, 0.15) is 24.7 Å². The van der Waals surface area contributed by atoms with Crippen molar-refractivity contribution < 1.29 is 12.9 Å². The molecule has 1 aromatic carbocycles. The van der Waals surface area contributed by atoms with Gasteiger partial charge in [0.1, 0.15) is 0 Å². The predicted octanol–water partition coefficient (Wildman–Crippen LogP) is 2.64. The number of rotatable bonds is 3. The summed E-state index contributed by atoms with van der Waals surface area (Å²) in [6, 6.07) is 7.64. The molecule has 22 heavy (non-hydrogen) atoms. The smallest absolute Gasteiger partial charge is 0.231 e. The summed E-state index contributed by atoms with van der Waals surface area (Å²) in [5.74, 6) is 0.963. The SMILES string of the molecule is CS(=O)(=O)N1CCCC(c2nc(-c3ccccc3Br)no2)C1. The highest BCUT2D eigenvalue weighted by Gasteiger charge is 2.30. The number of benzene rings is 1. The van der Waals surface area contributed by atoms with Gasteiger partial charge in [-0.3, -0.25) is 0 Å². The molecular weight excluding hydrogens is 370 g/mol. The molecule has 0 aliphatic carbocycles. The molecule has 0 bridgehead atoms. The Morgan fingerprint density at radius 1 is 1.36 bits per heavy atom. The van der Waals surface area contributed by atoms with E-state index >= 15 is 0 Å². The van der Waals surface area contributed by atoms with Crippen LogP contribution in [-0.4, -0.2) is 42.2 Å². The monoisotopic (exact) mass is 385 g/mol. The van der Waals surface area contributed by atoms with Crippen molar-refractivity contribution in [3.8, 4) is 11.4 Å². The number of hydrogen-bond donors (Lipinski definition) is 0. The van der Waals surface area contributed by atoms with Gasteiger partial charge >= 0.3 is 0 Å². The molecule has 118 valence electrons. The lowest BCUT2D eigenvalue weighted by atomic mass is 10.00. The van der Waals surface area contributed by atoms with Gasteiger partial charge in [0.25, 0.3) is 0 Å². The van der Waals surface area contributed by atoms with E-state index in [1.165, 1.54) is 10.6 Å². The van der Waals surface area contributed by atoms with E-state index < -0.39 is 10.0 Å². The highest BCUT2D eigenvalue weighted by atomic mass is 79.9. The number of piperidine rings is 1. The standard InChI is InChI=1S/C14H16BrN3O3S/c1-22(19,20)18-8-4-5-10(9-18)14-16-13(17-21-14)11-6-2-3-7-12(11)15/h2-3,6-7,10H,4-5,8-9H2,1H3. The van der Waals surface area contributed by atoms with Gasteiger partial charge in [-0.25, -0.2) is 12.7 Å². The summed E-state index contributed by atoms with van der Waals surface area (Å²) in [7, 11) is -3.18. The first-order valence-electron chi connectivity index (χ1n) is 6.99. The molecule has 1 aliphatic heterocycles. The molecule has 2 heterocycles. The van der Waals surface area contributed by atoms with Crippen LogP contribution >= 0.6 is 15.9 Å². The Morgan fingerprint density at radius 2 is 2.14 bits per heavy atom. The van der Waals surface area contributed by atoms with Crippen molar-refractivity contribution in [3.63, 3.8) is 0 Å². The first-order valence-corrected chi connectivity index (χ1v) is 9.63. The quantitative estimate of drug-likeness (QED) is 0.811. The highest BCUT2D eigenvalue weighted by molar-refractivity contribution is 9.10. The molecule has 3 rings (SSSR count). The molecule has 8 heteroatoms. The lowest BCUT2D eigenvalue weighted by Gasteiger charge is -2.28. The lowest BCUT2D eigenvalue weighted by Crippen LogP contribution is -2.38. The number of nitrogens with zero attached hydrogens (tertiary/aromatic N) is 3. The van der Waals surface area contributed by atoms with Gasteiger partial charge in [0.2, 0.25) is 21.7 Å². The summed E-state index contributed by atoms with van der Waals surface area (Å²) in [4.78, 5) is 4.45. The molecule has 0 N–H and O–H groups in total. The van der Waals surface area contributed by atoms with Crippen LogP contribution in [0.4, 0.5) is 0 Å². The minimum Gasteiger partial charge on any atom is -0.339 e. The van der Waals surface area contributed by atoms with E-state index in [4.69, 9.17) is 4.52 Å². The Bertz CT molecular complexity index is 775. The molecule has 0 spiro atoms. The number of aromatic nitrogens is 2. The van der Waals surface area contributed by atoms with Crippen molar-refractivity contribution in [2.45, 2.75) is 18.8 Å². The topological polar surface area (TPSA) is 76.3 Å². The first kappa shape index (κ1) is 15.6. The van der Waals surface area contributed by atoms with Crippen LogP contribution in [0.5, 0.6) is 0 Å². The van der Waals surface area contributed by atoms with Crippen LogP contribution in [0, 0.1) is 0 Å². The maximum absolute atomic E-state index is 11.7. The molecule has 6 nitrogen and oxygen atoms in total. The Hall–Kier alpha value is -1.25. The van der Waals surface area contributed by atoms with Crippen LogP contribution in [0.3, 0.4) is 0 Å². The fourth-order valence-electron chi connectivity index (χ4n) is 2.60. The molecule has 2 aromatic rings. The van der Waals surface area contributed by atoms with Gasteiger partial charge in [-0.15, -0.1) is 0 Å². The average molecular weight is 386 g/mol. The maximum Gasteiger partial charge on any atom is 0.231 e. The fourth-order valence-corrected chi connectivity index (χ4v) is 3.97. The van der Waals surface area contributed by atoms with Crippen LogP contribution < -0.4 is 0 Å². The molecule has 1 atom stereocenters. The second kappa shape index (κ2) is 6.10. The van der Waals surface area contributed by atoms with Crippen molar-refractivity contribution in [1.29, 1.82) is 0 Å². The number of sulfonamides is 1. The third-order valence-electron chi connectivity index (χ3n) is 3.76. The first-order chi connectivity index (χ1) is 10.4. The minimum absolute atomic E-state index is 0.0489. The molecule has 1 unspecified atom stereocenters. The van der Waals surface area contributed by atoms with Gasteiger partial charge in [0, 0.05) is 23.1 Å². The molecule has 0 radical (unpaired) electrons. The molecule has 1 aliphatic rings. The molecule has 1 fully saturated rings. The van der Waals surface area contributed by atoms with E-state index in [0.717, 1.165) is 22.9 Å². The zero-order chi connectivity index (χ0) is 15.7. The molecule has 0 saturated carbocycles. The minimum atomic E-state index is -3.18. The maximum atomic E-state index is 11.7. The van der Waals surface area contributed by atoms with E-state index in [0.29, 0.717) is 24.8 Å². The largest absolute Gasteiger partial charge is 0.339 e. The molecule has 0 amide bonds. The summed E-state index contributed by atoms with van der Waals surface area (Å²) in [5.41, 5.74) is 0.855. The van der Waals surface area contributed by atoms with Gasteiger partial charge in [-0.2, -0.15) is 4.98 Å². The molecule has 1 aromatic heterocycles. The van der Waals surface area contributed by atoms with Crippen molar-refractivity contribution in [1.82, 2.24) is 14.4 Å². The van der Waals surface area contributed by atoms with E-state index in [1.807, 2.05) is 24.3 Å². The summed E-state index contributed by atoms with van der Waals surface area (Å²) < 4.78 is 31.1. The van der Waals surface area contributed by atoms with Gasteiger partial charge in [-0.05, 0) is 25.0 Å². The summed E-state index contributed by atoms with van der Waals surface area (Å²) in [5, 5.41) is 4.03. The van der Waals surface area contributed by atoms with Crippen molar-refractivity contribution >= 4 is 26.0 Å². The van der Waals surface area contributed by atoms with Gasteiger partial charge in [0.05, 0.1) is 12.2 Å². The Morgan fingerprint density at radius 3 is 2.86 bits per heavy atom. The molecular formula is C14H16BrN3O3S. The van der Waals surface area contributed by atoms with Gasteiger partial charge in [-0.1, -0.05) is 33.2 Å². The van der Waals surface area contributed by atoms with E-state index in [-0.39, 0.29) is 5.92 Å². The van der Waals surface area contributed by atoms with Gasteiger partial charge in [0.15, 0.2) is 0 Å². The Labute approximate surface area is 137 Å². The Balaban J connectivity index is 1.84. The van der Waals surface area contributed by atoms with E-state index in [1.54, 1.807) is 0 Å². The summed E-state index contributed by atoms with van der Waals surface area (Å²) in [6.45, 7) is 0.955. The highest BCUT2D eigenvalue weighted by Crippen LogP contribution is 2.30. The van der Waals surface area contributed by atoms with Crippen LogP contribution in [0.25, 0.3) is 11.4 Å². The second-order valence-corrected chi connectivity index (χ2v) is 8.23. The predicted molar refractivity (Wildman–Crippen MR) is 85.8 cm³/mol. The zero-order valence-electron chi connectivity index (χ0n) is 12.1. The third kappa shape index (κ3) is 3.23. The Kier molecular flexibility index (Phi) is 4.33. The molecule has 1 saturated heterocycles. The van der Waals surface area contributed by atoms with E-state index in [9.17, 15) is 8.42 Å². The third-order valence-corrected chi connectivity index (χ3v) is 5.72. The summed E-state index contributed by atoms with van der Waals surface area (Å²) in [6.07, 6.45) is 2.88. The average Bonchev–Trinajstić information content (AvgIpc) is 2.97. The van der Waals surface area contributed by atoms with Gasteiger partial charge < -0.3 is 4.52 Å². The van der Waals surface area contributed by atoms with Crippen LogP contribution in [-0.2, 0) is 10.0 Å². The zero-order valence-corrected chi connectivity index (χ0v) is 14.5. The number of halogens is 1. The normalized spacial score (nSPS) is 20.2. The van der Waals surface area contributed by atoms with Crippen molar-refractivity contribution in [2.24, 2.45) is 0 Å². The van der Waals surface area contributed by atoms with E-state index in [2.05, 4.69) is 26.1 Å². The summed E-state index contributed by atoms with van der Waals surface area (Å²) >= 11 is 3.46. The fraction of sp³-hybridized carbons (Fsp3) is 0.429. The van der Waals surface area contributed by atoms with Crippen LogP contribution in [0.15, 0.2) is 33.3 Å². The number of hydrogen-bond acceptors (Lipinski definition) is 5. The lowest BCUT2D eigenvalue weighted by molar-refractivity contribution is 0.266.